The molecule has 0 fully saturated rings. The second-order valence-electron chi connectivity index (χ2n) is 4.73. The summed E-state index contributed by atoms with van der Waals surface area (Å²) in [5.41, 5.74) is 1.12. The van der Waals surface area contributed by atoms with Gasteiger partial charge in [0.15, 0.2) is 0 Å². The second kappa shape index (κ2) is 8.74. The van der Waals surface area contributed by atoms with E-state index in [2.05, 4.69) is 21.2 Å². The molecule has 2 N–H and O–H groups in total. The molecule has 0 spiro atoms. The number of rotatable bonds is 8. The Morgan fingerprint density at radius 1 is 1.40 bits per heavy atom. The van der Waals surface area contributed by atoms with E-state index in [9.17, 15) is 9.59 Å². The van der Waals surface area contributed by atoms with E-state index < -0.39 is 5.97 Å². The predicted molar refractivity (Wildman–Crippen MR) is 81.5 cm³/mol. The van der Waals surface area contributed by atoms with Gasteiger partial charge in [-0.15, -0.1) is 0 Å². The molecule has 0 aliphatic rings. The van der Waals surface area contributed by atoms with Crippen LogP contribution in [-0.2, 0) is 16.0 Å². The number of carbonyl (C=O) groups is 2. The molecule has 0 radical (unpaired) electrons. The smallest absolute Gasteiger partial charge is 0.303 e. The topological polar surface area (TPSA) is 66.4 Å². The first-order valence-corrected chi connectivity index (χ1v) is 7.56. The molecule has 0 bridgehead atoms. The van der Waals surface area contributed by atoms with Crippen LogP contribution in [0.25, 0.3) is 0 Å². The lowest BCUT2D eigenvalue weighted by Gasteiger charge is -2.15. The lowest BCUT2D eigenvalue weighted by Crippen LogP contribution is -2.32. The summed E-state index contributed by atoms with van der Waals surface area (Å²) in [5, 5.41) is 11.3. The van der Waals surface area contributed by atoms with Gasteiger partial charge in [-0.3, -0.25) is 9.59 Å². The number of hydrogen-bond acceptors (Lipinski definition) is 2. The summed E-state index contributed by atoms with van der Waals surface area (Å²) in [7, 11) is 0. The van der Waals surface area contributed by atoms with Crippen molar-refractivity contribution < 1.29 is 14.7 Å². The Kier molecular flexibility index (Phi) is 7.30. The Morgan fingerprint density at radius 3 is 2.75 bits per heavy atom. The fourth-order valence-corrected chi connectivity index (χ4v) is 2.41. The van der Waals surface area contributed by atoms with Crippen LogP contribution in [0.2, 0.25) is 0 Å². The number of aliphatic carboxylic acids is 1. The van der Waals surface area contributed by atoms with Crippen LogP contribution in [0.1, 0.15) is 31.7 Å². The van der Waals surface area contributed by atoms with Crippen molar-refractivity contribution in [1.82, 2.24) is 5.32 Å². The maximum absolute atomic E-state index is 12.0. The molecule has 1 aromatic rings. The average Bonchev–Trinajstić information content (AvgIpc) is 2.40. The highest BCUT2D eigenvalue weighted by atomic mass is 79.9. The normalized spacial score (nSPS) is 11.9. The van der Waals surface area contributed by atoms with Gasteiger partial charge in [0.1, 0.15) is 0 Å². The zero-order valence-corrected chi connectivity index (χ0v) is 13.1. The Hall–Kier alpha value is -1.36. The third-order valence-corrected chi connectivity index (χ3v) is 3.59. The molecule has 0 aliphatic heterocycles. The van der Waals surface area contributed by atoms with Crippen molar-refractivity contribution in [2.24, 2.45) is 5.92 Å². The Bertz CT molecular complexity index is 462. The van der Waals surface area contributed by atoms with Gasteiger partial charge in [0.05, 0.1) is 0 Å². The molecule has 0 saturated carbocycles. The molecule has 1 amide bonds. The van der Waals surface area contributed by atoms with Crippen LogP contribution >= 0.6 is 15.9 Å². The minimum atomic E-state index is -0.833. The maximum atomic E-state index is 12.0. The first kappa shape index (κ1) is 16.7. The number of hydrogen-bond donors (Lipinski definition) is 2. The largest absolute Gasteiger partial charge is 0.481 e. The number of benzene rings is 1. The number of carboxylic acids is 1. The summed E-state index contributed by atoms with van der Waals surface area (Å²) >= 11 is 3.42. The summed E-state index contributed by atoms with van der Waals surface area (Å²) in [6.07, 6.45) is 2.01. The number of nitrogens with one attached hydrogen (secondary N) is 1. The van der Waals surface area contributed by atoms with Gasteiger partial charge >= 0.3 is 5.97 Å². The quantitative estimate of drug-likeness (QED) is 0.714. The molecule has 1 aromatic carbocycles. The second-order valence-corrected chi connectivity index (χ2v) is 5.64. The molecule has 0 saturated heterocycles. The van der Waals surface area contributed by atoms with Gasteiger partial charge in [0, 0.05) is 23.4 Å². The fourth-order valence-electron chi connectivity index (χ4n) is 1.97. The summed E-state index contributed by atoms with van der Waals surface area (Å²) < 4.78 is 1.01. The van der Waals surface area contributed by atoms with E-state index in [-0.39, 0.29) is 18.2 Å². The van der Waals surface area contributed by atoms with Crippen LogP contribution in [0.4, 0.5) is 0 Å². The molecule has 0 aromatic heterocycles. The Balaban J connectivity index is 2.44. The molecule has 4 nitrogen and oxygen atoms in total. The third kappa shape index (κ3) is 6.19. The van der Waals surface area contributed by atoms with Gasteiger partial charge in [-0.1, -0.05) is 35.0 Å². The highest BCUT2D eigenvalue weighted by Gasteiger charge is 2.16. The first-order chi connectivity index (χ1) is 9.52. The van der Waals surface area contributed by atoms with Crippen LogP contribution in [0.15, 0.2) is 28.7 Å². The number of halogens is 1. The summed E-state index contributed by atoms with van der Waals surface area (Å²) in [6, 6.07) is 7.93. The molecule has 1 rings (SSSR count). The van der Waals surface area contributed by atoms with Crippen molar-refractivity contribution in [1.29, 1.82) is 0 Å². The van der Waals surface area contributed by atoms with Gasteiger partial charge in [-0.2, -0.15) is 0 Å². The van der Waals surface area contributed by atoms with Gasteiger partial charge in [-0.25, -0.2) is 0 Å². The van der Waals surface area contributed by atoms with Gasteiger partial charge in [0.25, 0.3) is 0 Å². The molecule has 1 unspecified atom stereocenters. The number of amides is 1. The van der Waals surface area contributed by atoms with E-state index in [0.717, 1.165) is 16.5 Å². The Labute approximate surface area is 127 Å². The number of carboxylic acid groups (broad SMARTS) is 1. The zero-order chi connectivity index (χ0) is 15.0. The van der Waals surface area contributed by atoms with Gasteiger partial charge in [-0.05, 0) is 37.0 Å². The molecule has 20 heavy (non-hydrogen) atoms. The van der Waals surface area contributed by atoms with Crippen molar-refractivity contribution >= 4 is 27.8 Å². The SMILES string of the molecule is CCC(Cc1cccc(Br)c1)C(=O)NCCCC(=O)O. The minimum absolute atomic E-state index is 0.00198. The molecular weight excluding hydrogens is 322 g/mol. The van der Waals surface area contributed by atoms with E-state index >= 15 is 0 Å². The fraction of sp³-hybridized carbons (Fsp3) is 0.467. The van der Waals surface area contributed by atoms with Crippen molar-refractivity contribution in [3.8, 4) is 0 Å². The van der Waals surface area contributed by atoms with Crippen LogP contribution < -0.4 is 5.32 Å². The minimum Gasteiger partial charge on any atom is -0.481 e. The highest BCUT2D eigenvalue weighted by molar-refractivity contribution is 9.10. The van der Waals surface area contributed by atoms with E-state index in [4.69, 9.17) is 5.11 Å². The maximum Gasteiger partial charge on any atom is 0.303 e. The van der Waals surface area contributed by atoms with E-state index in [1.165, 1.54) is 0 Å². The zero-order valence-electron chi connectivity index (χ0n) is 11.6. The first-order valence-electron chi connectivity index (χ1n) is 6.77. The van der Waals surface area contributed by atoms with Crippen LogP contribution in [-0.4, -0.2) is 23.5 Å². The van der Waals surface area contributed by atoms with Crippen molar-refractivity contribution in [2.75, 3.05) is 6.54 Å². The average molecular weight is 342 g/mol. The predicted octanol–water partition coefficient (Wildman–Crippen LogP) is 3.00. The summed E-state index contributed by atoms with van der Waals surface area (Å²) in [6.45, 7) is 2.40. The van der Waals surface area contributed by atoms with Crippen LogP contribution in [0.5, 0.6) is 0 Å². The highest BCUT2D eigenvalue weighted by Crippen LogP contribution is 2.17. The van der Waals surface area contributed by atoms with Gasteiger partial charge in [0.2, 0.25) is 5.91 Å². The van der Waals surface area contributed by atoms with E-state index in [1.54, 1.807) is 0 Å². The summed E-state index contributed by atoms with van der Waals surface area (Å²) in [5.74, 6) is -0.910. The van der Waals surface area contributed by atoms with Crippen molar-refractivity contribution in [3.63, 3.8) is 0 Å². The molecule has 1 atom stereocenters. The lowest BCUT2D eigenvalue weighted by atomic mass is 9.96. The van der Waals surface area contributed by atoms with E-state index in [0.29, 0.717) is 19.4 Å². The summed E-state index contributed by atoms with van der Waals surface area (Å²) in [4.78, 5) is 22.4. The van der Waals surface area contributed by atoms with Crippen LogP contribution in [0, 0.1) is 5.92 Å². The molecule has 0 heterocycles. The molecule has 0 aliphatic carbocycles. The molecule has 5 heteroatoms. The molecule has 110 valence electrons. The lowest BCUT2D eigenvalue weighted by molar-refractivity contribution is -0.137. The molecular formula is C15H20BrNO3. The van der Waals surface area contributed by atoms with Crippen molar-refractivity contribution in [3.05, 3.63) is 34.3 Å². The van der Waals surface area contributed by atoms with Crippen molar-refractivity contribution in [2.45, 2.75) is 32.6 Å². The monoisotopic (exact) mass is 341 g/mol. The number of carbonyl (C=O) groups excluding carboxylic acids is 1. The van der Waals surface area contributed by atoms with Gasteiger partial charge < -0.3 is 10.4 Å². The van der Waals surface area contributed by atoms with Crippen LogP contribution in [0.3, 0.4) is 0 Å². The Morgan fingerprint density at radius 2 is 2.15 bits per heavy atom. The van der Waals surface area contributed by atoms with E-state index in [1.807, 2.05) is 31.2 Å². The third-order valence-electron chi connectivity index (χ3n) is 3.10. The standard InChI is InChI=1S/C15H20BrNO3/c1-2-12(9-11-5-3-6-13(16)10-11)15(20)17-8-4-7-14(18)19/h3,5-6,10,12H,2,4,7-9H2,1H3,(H,17,20)(H,18,19).